The van der Waals surface area contributed by atoms with Crippen molar-refractivity contribution in [2.24, 2.45) is 0 Å². The van der Waals surface area contributed by atoms with Crippen molar-refractivity contribution >= 4 is 0 Å². The molecule has 0 radical (unpaired) electrons. The van der Waals surface area contributed by atoms with Gasteiger partial charge in [-0.15, -0.1) is 0 Å². The van der Waals surface area contributed by atoms with Crippen molar-refractivity contribution in [2.45, 2.75) is 13.0 Å². The minimum absolute atomic E-state index is 0.0138. The molecule has 1 aliphatic heterocycles. The van der Waals surface area contributed by atoms with E-state index < -0.39 is 0 Å². The van der Waals surface area contributed by atoms with E-state index in [9.17, 15) is 0 Å². The summed E-state index contributed by atoms with van der Waals surface area (Å²) in [6, 6.07) is 17.9. The molecule has 1 atom stereocenters. The SMILES string of the molecule is CC1=CCOC1c1ccccc1Oc1ccccc1. The molecule has 2 aromatic carbocycles. The van der Waals surface area contributed by atoms with Crippen molar-refractivity contribution in [1.82, 2.24) is 0 Å². The van der Waals surface area contributed by atoms with Gasteiger partial charge >= 0.3 is 0 Å². The number of para-hydroxylation sites is 2. The fourth-order valence-electron chi connectivity index (χ4n) is 2.25. The van der Waals surface area contributed by atoms with E-state index in [1.807, 2.05) is 48.5 Å². The van der Waals surface area contributed by atoms with Crippen LogP contribution in [0, 0.1) is 0 Å². The van der Waals surface area contributed by atoms with Crippen LogP contribution in [0.5, 0.6) is 11.5 Å². The fraction of sp³-hybridized carbons (Fsp3) is 0.176. The quantitative estimate of drug-likeness (QED) is 0.749. The number of ether oxygens (including phenoxy) is 2. The van der Waals surface area contributed by atoms with Crippen LogP contribution in [0.4, 0.5) is 0 Å². The molecule has 0 saturated carbocycles. The zero-order chi connectivity index (χ0) is 13.1. The van der Waals surface area contributed by atoms with E-state index in [0.717, 1.165) is 17.1 Å². The molecule has 0 aliphatic carbocycles. The molecule has 1 aliphatic rings. The molecule has 19 heavy (non-hydrogen) atoms. The molecule has 0 spiro atoms. The van der Waals surface area contributed by atoms with Gasteiger partial charge in [0.25, 0.3) is 0 Å². The van der Waals surface area contributed by atoms with E-state index in [1.54, 1.807) is 0 Å². The van der Waals surface area contributed by atoms with Crippen LogP contribution in [-0.2, 0) is 4.74 Å². The third-order valence-electron chi connectivity index (χ3n) is 3.25. The first-order valence-electron chi connectivity index (χ1n) is 6.44. The molecule has 0 N–H and O–H groups in total. The molecule has 0 fully saturated rings. The lowest BCUT2D eigenvalue weighted by molar-refractivity contribution is 0.121. The maximum absolute atomic E-state index is 5.96. The average Bonchev–Trinajstić information content (AvgIpc) is 2.87. The van der Waals surface area contributed by atoms with Gasteiger partial charge in [0.15, 0.2) is 0 Å². The molecule has 2 heteroatoms. The van der Waals surface area contributed by atoms with Crippen LogP contribution in [-0.4, -0.2) is 6.61 Å². The minimum atomic E-state index is 0.0138. The number of rotatable bonds is 3. The molecular formula is C17H16O2. The Labute approximate surface area is 113 Å². The summed E-state index contributed by atoms with van der Waals surface area (Å²) in [5.74, 6) is 1.70. The Kier molecular flexibility index (Phi) is 3.34. The minimum Gasteiger partial charge on any atom is -0.457 e. The normalized spacial score (nSPS) is 18.2. The monoisotopic (exact) mass is 252 g/mol. The van der Waals surface area contributed by atoms with Crippen molar-refractivity contribution < 1.29 is 9.47 Å². The Balaban J connectivity index is 1.92. The molecule has 0 saturated heterocycles. The van der Waals surface area contributed by atoms with Gasteiger partial charge < -0.3 is 9.47 Å². The highest BCUT2D eigenvalue weighted by Crippen LogP contribution is 2.37. The Hall–Kier alpha value is -2.06. The van der Waals surface area contributed by atoms with Crippen LogP contribution in [0.25, 0.3) is 0 Å². The largest absolute Gasteiger partial charge is 0.457 e. The van der Waals surface area contributed by atoms with Gasteiger partial charge in [0.2, 0.25) is 0 Å². The topological polar surface area (TPSA) is 18.5 Å². The van der Waals surface area contributed by atoms with E-state index in [-0.39, 0.29) is 6.10 Å². The summed E-state index contributed by atoms with van der Waals surface area (Å²) in [5, 5.41) is 0. The van der Waals surface area contributed by atoms with Gasteiger partial charge in [0.05, 0.1) is 6.61 Å². The van der Waals surface area contributed by atoms with Gasteiger partial charge in [-0.3, -0.25) is 0 Å². The van der Waals surface area contributed by atoms with Crippen LogP contribution in [0.3, 0.4) is 0 Å². The van der Waals surface area contributed by atoms with E-state index in [2.05, 4.69) is 19.1 Å². The zero-order valence-electron chi connectivity index (χ0n) is 10.9. The van der Waals surface area contributed by atoms with Crippen molar-refractivity contribution in [1.29, 1.82) is 0 Å². The van der Waals surface area contributed by atoms with E-state index in [4.69, 9.17) is 9.47 Å². The highest BCUT2D eigenvalue weighted by atomic mass is 16.5. The Morgan fingerprint density at radius 1 is 1.00 bits per heavy atom. The molecule has 1 unspecified atom stereocenters. The molecule has 3 rings (SSSR count). The second-order valence-corrected chi connectivity index (χ2v) is 4.61. The first-order chi connectivity index (χ1) is 9.34. The van der Waals surface area contributed by atoms with E-state index in [1.165, 1.54) is 5.57 Å². The molecule has 0 amide bonds. The third kappa shape index (κ3) is 2.54. The number of hydrogen-bond donors (Lipinski definition) is 0. The van der Waals surface area contributed by atoms with Crippen molar-refractivity contribution in [3.8, 4) is 11.5 Å². The summed E-state index contributed by atoms with van der Waals surface area (Å²) in [6.07, 6.45) is 2.13. The molecule has 96 valence electrons. The maximum atomic E-state index is 5.96. The summed E-state index contributed by atoms with van der Waals surface area (Å²) in [4.78, 5) is 0. The van der Waals surface area contributed by atoms with Gasteiger partial charge in [0, 0.05) is 5.56 Å². The van der Waals surface area contributed by atoms with Crippen molar-refractivity contribution in [3.63, 3.8) is 0 Å². The van der Waals surface area contributed by atoms with Crippen LogP contribution < -0.4 is 4.74 Å². The highest BCUT2D eigenvalue weighted by Gasteiger charge is 2.22. The van der Waals surface area contributed by atoms with Crippen molar-refractivity contribution in [3.05, 3.63) is 71.8 Å². The van der Waals surface area contributed by atoms with Crippen LogP contribution in [0.1, 0.15) is 18.6 Å². The van der Waals surface area contributed by atoms with Gasteiger partial charge in [-0.2, -0.15) is 0 Å². The molecule has 0 bridgehead atoms. The summed E-state index contributed by atoms with van der Waals surface area (Å²) in [6.45, 7) is 2.77. The second-order valence-electron chi connectivity index (χ2n) is 4.61. The second kappa shape index (κ2) is 5.29. The van der Waals surface area contributed by atoms with Gasteiger partial charge in [-0.05, 0) is 30.7 Å². The summed E-state index contributed by atoms with van der Waals surface area (Å²) < 4.78 is 11.7. The van der Waals surface area contributed by atoms with Crippen molar-refractivity contribution in [2.75, 3.05) is 6.61 Å². The maximum Gasteiger partial charge on any atom is 0.133 e. The predicted octanol–water partition coefficient (Wildman–Crippen LogP) is 4.50. The molecule has 2 nitrogen and oxygen atoms in total. The van der Waals surface area contributed by atoms with Crippen LogP contribution in [0.2, 0.25) is 0 Å². The molecule has 1 heterocycles. The zero-order valence-corrected chi connectivity index (χ0v) is 10.9. The smallest absolute Gasteiger partial charge is 0.133 e. The Morgan fingerprint density at radius 3 is 2.47 bits per heavy atom. The lowest BCUT2D eigenvalue weighted by Gasteiger charge is -2.17. The Bertz CT molecular complexity index is 587. The highest BCUT2D eigenvalue weighted by molar-refractivity contribution is 5.42. The molecule has 2 aromatic rings. The van der Waals surface area contributed by atoms with E-state index in [0.29, 0.717) is 6.61 Å². The average molecular weight is 252 g/mol. The summed E-state index contributed by atoms with van der Waals surface area (Å²) >= 11 is 0. The fourth-order valence-corrected chi connectivity index (χ4v) is 2.25. The molecular weight excluding hydrogens is 236 g/mol. The predicted molar refractivity (Wildman–Crippen MR) is 75.4 cm³/mol. The molecule has 0 aromatic heterocycles. The third-order valence-corrected chi connectivity index (χ3v) is 3.25. The Morgan fingerprint density at radius 2 is 1.74 bits per heavy atom. The van der Waals surface area contributed by atoms with E-state index >= 15 is 0 Å². The lowest BCUT2D eigenvalue weighted by Crippen LogP contribution is -2.01. The van der Waals surface area contributed by atoms with Gasteiger partial charge in [-0.25, -0.2) is 0 Å². The summed E-state index contributed by atoms with van der Waals surface area (Å²) in [5.41, 5.74) is 2.32. The number of benzene rings is 2. The van der Waals surface area contributed by atoms with Crippen LogP contribution >= 0.6 is 0 Å². The summed E-state index contributed by atoms with van der Waals surface area (Å²) in [7, 11) is 0. The van der Waals surface area contributed by atoms with Crippen LogP contribution in [0.15, 0.2) is 66.2 Å². The number of hydrogen-bond acceptors (Lipinski definition) is 2. The first kappa shape index (κ1) is 12.0. The van der Waals surface area contributed by atoms with Gasteiger partial charge in [0.1, 0.15) is 17.6 Å². The lowest BCUT2D eigenvalue weighted by atomic mass is 10.0. The first-order valence-corrected chi connectivity index (χ1v) is 6.44. The van der Waals surface area contributed by atoms with Gasteiger partial charge in [-0.1, -0.05) is 42.5 Å². The standard InChI is InChI=1S/C17H16O2/c1-13-11-12-18-17(13)15-9-5-6-10-16(15)19-14-7-3-2-4-8-14/h2-11,17H,12H2,1H3.